The molecular weight excluding hydrogens is 284 g/mol. The Morgan fingerprint density at radius 2 is 2.05 bits per heavy atom. The number of aryl methyl sites for hydroxylation is 1. The molecule has 0 aliphatic heterocycles. The Morgan fingerprint density at radius 3 is 2.55 bits per heavy atom. The summed E-state index contributed by atoms with van der Waals surface area (Å²) in [4.78, 5) is 0. The Bertz CT molecular complexity index is 463. The van der Waals surface area contributed by atoms with E-state index in [1.807, 2.05) is 0 Å². The van der Waals surface area contributed by atoms with Gasteiger partial charge in [-0.15, -0.1) is 11.6 Å². The molecule has 0 heterocycles. The number of alkyl halides is 1. The average molecular weight is 309 g/mol. The zero-order valence-corrected chi connectivity index (χ0v) is 15.0. The summed E-state index contributed by atoms with van der Waals surface area (Å²) < 4.78 is 5.97. The van der Waals surface area contributed by atoms with Gasteiger partial charge in [0, 0.05) is 20.6 Å². The van der Waals surface area contributed by atoms with Crippen molar-refractivity contribution in [3.63, 3.8) is 0 Å². The molecule has 1 unspecified atom stereocenters. The molecular formula is C17H25ClOSi. The van der Waals surface area contributed by atoms with Crippen LogP contribution in [0, 0.1) is 6.92 Å². The molecule has 0 bridgehead atoms. The van der Waals surface area contributed by atoms with Gasteiger partial charge in [0.25, 0.3) is 0 Å². The van der Waals surface area contributed by atoms with Crippen LogP contribution in [0.3, 0.4) is 0 Å². The lowest BCUT2D eigenvalue weighted by Crippen LogP contribution is -2.16. The lowest BCUT2D eigenvalue weighted by Gasteiger charge is -2.27. The van der Waals surface area contributed by atoms with Crippen LogP contribution in [-0.2, 0) is 5.41 Å². The van der Waals surface area contributed by atoms with E-state index < -0.39 is 0 Å². The van der Waals surface area contributed by atoms with Gasteiger partial charge in [-0.2, -0.15) is 0 Å². The summed E-state index contributed by atoms with van der Waals surface area (Å²) in [5.41, 5.74) is 3.61. The first-order valence-electron chi connectivity index (χ1n) is 6.98. The molecule has 1 rings (SSSR count). The number of halogens is 1. The predicted octanol–water partition coefficient (Wildman–Crippen LogP) is 5.31. The van der Waals surface area contributed by atoms with Gasteiger partial charge >= 0.3 is 0 Å². The maximum Gasteiger partial charge on any atom is 0.128 e. The third-order valence-electron chi connectivity index (χ3n) is 3.14. The van der Waals surface area contributed by atoms with E-state index in [0.717, 1.165) is 26.9 Å². The molecule has 0 aliphatic carbocycles. The summed E-state index contributed by atoms with van der Waals surface area (Å²) >= 11 is 6.59. The van der Waals surface area contributed by atoms with Crippen LogP contribution in [0.4, 0.5) is 0 Å². The summed E-state index contributed by atoms with van der Waals surface area (Å²) in [6, 6.07) is 5.35. The highest BCUT2D eigenvalue weighted by molar-refractivity contribution is 6.37. The predicted molar refractivity (Wildman–Crippen MR) is 90.6 cm³/mol. The Balaban J connectivity index is 3.39. The normalized spacial score (nSPS) is 13.1. The van der Waals surface area contributed by atoms with E-state index >= 15 is 0 Å². The lowest BCUT2D eigenvalue weighted by molar-refractivity contribution is 0.347. The van der Waals surface area contributed by atoms with Crippen molar-refractivity contribution in [2.75, 3.05) is 6.61 Å². The molecule has 0 aliphatic rings. The summed E-state index contributed by atoms with van der Waals surface area (Å²) in [6.45, 7) is 15.2. The highest BCUT2D eigenvalue weighted by Gasteiger charge is 2.24. The first-order valence-corrected chi connectivity index (χ1v) is 9.13. The molecule has 20 heavy (non-hydrogen) atoms. The van der Waals surface area contributed by atoms with Crippen LogP contribution >= 0.6 is 11.6 Å². The number of hydrogen-bond donors (Lipinski definition) is 0. The minimum atomic E-state index is 0.0131. The lowest BCUT2D eigenvalue weighted by atomic mass is 9.83. The number of rotatable bonds is 6. The van der Waals surface area contributed by atoms with Crippen LogP contribution in [0.25, 0.3) is 0 Å². The zero-order chi connectivity index (χ0) is 15.3. The first kappa shape index (κ1) is 17.3. The molecule has 1 atom stereocenters. The van der Waals surface area contributed by atoms with Crippen molar-refractivity contribution in [3.05, 3.63) is 41.5 Å². The Labute approximate surface area is 131 Å². The van der Waals surface area contributed by atoms with Crippen molar-refractivity contribution < 1.29 is 4.74 Å². The van der Waals surface area contributed by atoms with Crippen LogP contribution in [-0.4, -0.2) is 16.1 Å². The molecule has 0 spiro atoms. The largest absolute Gasteiger partial charge is 0.489 e. The molecule has 0 N–H and O–H groups in total. The quantitative estimate of drug-likeness (QED) is 0.393. The van der Waals surface area contributed by atoms with E-state index in [2.05, 4.69) is 53.0 Å². The summed E-state index contributed by atoms with van der Waals surface area (Å²) in [5.74, 6) is 0.946. The molecule has 0 aromatic heterocycles. The van der Waals surface area contributed by atoms with E-state index in [0.29, 0.717) is 6.61 Å². The van der Waals surface area contributed by atoms with Crippen LogP contribution < -0.4 is 4.74 Å². The molecule has 0 amide bonds. The molecule has 0 saturated heterocycles. The molecule has 1 aromatic carbocycles. The van der Waals surface area contributed by atoms with Gasteiger partial charge in [0.05, 0.1) is 5.38 Å². The standard InChI is InChI=1S/C17H25ClOSi/c1-7-8-19-16-13(15(18)11-20-6)9-12(2)10-14(16)17(3,4)5/h7,9-10,15H,1,8,11H2,2-6H3. The Hall–Kier alpha value is -0.733. The van der Waals surface area contributed by atoms with Gasteiger partial charge in [-0.1, -0.05) is 57.7 Å². The van der Waals surface area contributed by atoms with E-state index in [4.69, 9.17) is 16.3 Å². The number of ether oxygens (including phenoxy) is 1. The van der Waals surface area contributed by atoms with Gasteiger partial charge in [0.2, 0.25) is 0 Å². The van der Waals surface area contributed by atoms with Gasteiger partial charge in [0.1, 0.15) is 12.4 Å². The maximum absolute atomic E-state index is 6.59. The molecule has 2 radical (unpaired) electrons. The molecule has 1 aromatic rings. The van der Waals surface area contributed by atoms with Crippen molar-refractivity contribution in [3.8, 4) is 5.75 Å². The molecule has 0 fully saturated rings. The van der Waals surface area contributed by atoms with Crippen LogP contribution in [0.1, 0.15) is 42.8 Å². The monoisotopic (exact) mass is 308 g/mol. The number of hydrogen-bond acceptors (Lipinski definition) is 1. The van der Waals surface area contributed by atoms with Gasteiger partial charge in [-0.25, -0.2) is 0 Å². The molecule has 110 valence electrons. The van der Waals surface area contributed by atoms with Crippen molar-refractivity contribution in [2.45, 2.75) is 51.1 Å². The average Bonchev–Trinajstić information content (AvgIpc) is 2.35. The fraction of sp³-hybridized carbons (Fsp3) is 0.529. The van der Waals surface area contributed by atoms with E-state index in [1.165, 1.54) is 11.1 Å². The molecule has 0 saturated carbocycles. The zero-order valence-electron chi connectivity index (χ0n) is 13.2. The smallest absolute Gasteiger partial charge is 0.128 e. The Morgan fingerprint density at radius 1 is 1.40 bits per heavy atom. The summed E-state index contributed by atoms with van der Waals surface area (Å²) in [6.07, 6.45) is 1.78. The fourth-order valence-corrected chi connectivity index (χ4v) is 3.39. The van der Waals surface area contributed by atoms with Crippen LogP contribution in [0.5, 0.6) is 5.75 Å². The van der Waals surface area contributed by atoms with Gasteiger partial charge in [-0.05, 0) is 18.4 Å². The molecule has 1 nitrogen and oxygen atoms in total. The topological polar surface area (TPSA) is 9.23 Å². The van der Waals surface area contributed by atoms with Gasteiger partial charge < -0.3 is 4.74 Å². The second kappa shape index (κ2) is 7.33. The van der Waals surface area contributed by atoms with Crippen molar-refractivity contribution >= 4 is 21.1 Å². The third kappa shape index (κ3) is 4.39. The second-order valence-corrected chi connectivity index (χ2v) is 7.75. The van der Waals surface area contributed by atoms with Crippen molar-refractivity contribution in [2.24, 2.45) is 0 Å². The minimum absolute atomic E-state index is 0.0131. The second-order valence-electron chi connectivity index (χ2n) is 6.11. The van der Waals surface area contributed by atoms with Crippen LogP contribution in [0.2, 0.25) is 12.6 Å². The van der Waals surface area contributed by atoms with Crippen molar-refractivity contribution in [1.29, 1.82) is 0 Å². The van der Waals surface area contributed by atoms with E-state index in [9.17, 15) is 0 Å². The highest BCUT2D eigenvalue weighted by atomic mass is 35.5. The fourth-order valence-electron chi connectivity index (χ4n) is 2.18. The van der Waals surface area contributed by atoms with Crippen LogP contribution in [0.15, 0.2) is 24.8 Å². The van der Waals surface area contributed by atoms with E-state index in [-0.39, 0.29) is 10.8 Å². The first-order chi connectivity index (χ1) is 9.31. The number of benzene rings is 1. The highest BCUT2D eigenvalue weighted by Crippen LogP contribution is 2.41. The summed E-state index contributed by atoms with van der Waals surface area (Å²) in [5, 5.41) is 0.0131. The van der Waals surface area contributed by atoms with Crippen molar-refractivity contribution in [1.82, 2.24) is 0 Å². The maximum atomic E-state index is 6.59. The van der Waals surface area contributed by atoms with Gasteiger partial charge in [-0.3, -0.25) is 0 Å². The van der Waals surface area contributed by atoms with Gasteiger partial charge in [0.15, 0.2) is 0 Å². The minimum Gasteiger partial charge on any atom is -0.489 e. The SMILES string of the molecule is C=CCOc1c(C(Cl)C[Si]C)cc(C)cc1C(C)(C)C. The van der Waals surface area contributed by atoms with E-state index in [1.54, 1.807) is 6.08 Å². The third-order valence-corrected chi connectivity index (χ3v) is 4.60. The summed E-state index contributed by atoms with van der Waals surface area (Å²) in [7, 11) is 0.835. The molecule has 3 heteroatoms. The Kier molecular flexibility index (Phi) is 6.34.